The minimum Gasteiger partial charge on any atom is -0.371 e. The molecule has 0 bridgehead atoms. The number of ketones is 1. The summed E-state index contributed by atoms with van der Waals surface area (Å²) in [5.74, 6) is 0.267. The highest BCUT2D eigenvalue weighted by molar-refractivity contribution is 5.91. The van der Waals surface area contributed by atoms with Crippen LogP contribution in [0.1, 0.15) is 26.2 Å². The second-order valence-corrected chi connectivity index (χ2v) is 3.47. The summed E-state index contributed by atoms with van der Waals surface area (Å²) in [5, 5.41) is 0. The molecule has 2 heteroatoms. The highest BCUT2D eigenvalue weighted by Gasteiger charge is 2.37. The summed E-state index contributed by atoms with van der Waals surface area (Å²) in [4.78, 5) is 11.0. The third-order valence-corrected chi connectivity index (χ3v) is 2.65. The quantitative estimate of drug-likeness (QED) is 0.525. The highest BCUT2D eigenvalue weighted by atomic mass is 16.5. The average Bonchev–Trinajstić information content (AvgIpc) is 2.31. The van der Waals surface area contributed by atoms with Crippen LogP contribution >= 0.6 is 0 Å². The van der Waals surface area contributed by atoms with Gasteiger partial charge in [0.05, 0.1) is 12.2 Å². The standard InChI is InChI=1S/C9H12O2/c1-9-4-2-8(10)6-7(9)3-5-11-9/h6H,2-5H2,1H3. The van der Waals surface area contributed by atoms with Crippen LogP contribution < -0.4 is 0 Å². The zero-order valence-corrected chi connectivity index (χ0v) is 6.72. The van der Waals surface area contributed by atoms with Gasteiger partial charge < -0.3 is 4.74 Å². The van der Waals surface area contributed by atoms with Gasteiger partial charge in [-0.25, -0.2) is 0 Å². The topological polar surface area (TPSA) is 26.3 Å². The summed E-state index contributed by atoms with van der Waals surface area (Å²) in [6, 6.07) is 0. The predicted octanol–water partition coefficient (Wildman–Crippen LogP) is 1.45. The minimum atomic E-state index is -0.0894. The minimum absolute atomic E-state index is 0.0894. The Labute approximate surface area is 66.2 Å². The fourth-order valence-electron chi connectivity index (χ4n) is 1.83. The van der Waals surface area contributed by atoms with Gasteiger partial charge in [-0.3, -0.25) is 4.79 Å². The summed E-state index contributed by atoms with van der Waals surface area (Å²) in [5.41, 5.74) is 1.11. The molecule has 0 N–H and O–H groups in total. The maximum Gasteiger partial charge on any atom is 0.155 e. The van der Waals surface area contributed by atoms with Gasteiger partial charge in [-0.05, 0) is 31.4 Å². The van der Waals surface area contributed by atoms with Gasteiger partial charge in [-0.2, -0.15) is 0 Å². The van der Waals surface area contributed by atoms with E-state index in [4.69, 9.17) is 4.74 Å². The molecular formula is C9H12O2. The Hall–Kier alpha value is -0.630. The van der Waals surface area contributed by atoms with Crippen LogP contribution in [-0.2, 0) is 9.53 Å². The Kier molecular flexibility index (Phi) is 1.39. The van der Waals surface area contributed by atoms with Crippen LogP contribution in [0.4, 0.5) is 0 Å². The molecule has 0 spiro atoms. The van der Waals surface area contributed by atoms with Gasteiger partial charge in [0.15, 0.2) is 5.78 Å². The van der Waals surface area contributed by atoms with Gasteiger partial charge in [0, 0.05) is 6.42 Å². The van der Waals surface area contributed by atoms with Crippen molar-refractivity contribution in [2.24, 2.45) is 0 Å². The molecule has 0 amide bonds. The monoisotopic (exact) mass is 152 g/mol. The summed E-state index contributed by atoms with van der Waals surface area (Å²) in [6.45, 7) is 2.87. The maximum absolute atomic E-state index is 11.0. The van der Waals surface area contributed by atoms with Crippen LogP contribution in [-0.4, -0.2) is 18.0 Å². The first-order chi connectivity index (χ1) is 5.21. The third kappa shape index (κ3) is 1.02. The summed E-state index contributed by atoms with van der Waals surface area (Å²) in [6.07, 6.45) is 4.25. The van der Waals surface area contributed by atoms with E-state index in [1.807, 2.05) is 0 Å². The van der Waals surface area contributed by atoms with Crippen LogP contribution in [0.5, 0.6) is 0 Å². The van der Waals surface area contributed by atoms with Crippen molar-refractivity contribution in [3.05, 3.63) is 11.6 Å². The van der Waals surface area contributed by atoms with E-state index in [1.54, 1.807) is 6.08 Å². The second-order valence-electron chi connectivity index (χ2n) is 3.47. The second kappa shape index (κ2) is 2.18. The van der Waals surface area contributed by atoms with E-state index in [0.29, 0.717) is 6.42 Å². The van der Waals surface area contributed by atoms with Gasteiger partial charge in [-0.15, -0.1) is 0 Å². The Morgan fingerprint density at radius 2 is 2.36 bits per heavy atom. The largest absolute Gasteiger partial charge is 0.371 e. The van der Waals surface area contributed by atoms with Gasteiger partial charge in [-0.1, -0.05) is 0 Å². The number of ether oxygens (including phenoxy) is 1. The molecule has 60 valence electrons. The normalized spacial score (nSPS) is 36.8. The number of rotatable bonds is 0. The zero-order chi connectivity index (χ0) is 7.90. The van der Waals surface area contributed by atoms with E-state index >= 15 is 0 Å². The van der Waals surface area contributed by atoms with Crippen LogP contribution in [0.3, 0.4) is 0 Å². The molecule has 0 saturated carbocycles. The van der Waals surface area contributed by atoms with Crippen molar-refractivity contribution in [1.82, 2.24) is 0 Å². The molecule has 1 aliphatic carbocycles. The van der Waals surface area contributed by atoms with E-state index < -0.39 is 0 Å². The number of fused-ring (bicyclic) bond motifs is 1. The van der Waals surface area contributed by atoms with Crippen molar-refractivity contribution in [3.8, 4) is 0 Å². The lowest BCUT2D eigenvalue weighted by atomic mass is 9.84. The van der Waals surface area contributed by atoms with Gasteiger partial charge in [0.25, 0.3) is 0 Å². The smallest absolute Gasteiger partial charge is 0.155 e. The molecule has 0 aromatic heterocycles. The first-order valence-corrected chi connectivity index (χ1v) is 4.08. The molecule has 0 radical (unpaired) electrons. The van der Waals surface area contributed by atoms with Crippen molar-refractivity contribution >= 4 is 5.78 Å². The number of carbonyl (C=O) groups excluding carboxylic acids is 1. The van der Waals surface area contributed by atoms with E-state index in [9.17, 15) is 4.79 Å². The number of carbonyl (C=O) groups is 1. The molecule has 2 rings (SSSR count). The molecule has 1 unspecified atom stereocenters. The molecular weight excluding hydrogens is 140 g/mol. The van der Waals surface area contributed by atoms with E-state index in [2.05, 4.69) is 6.92 Å². The van der Waals surface area contributed by atoms with Crippen molar-refractivity contribution in [3.63, 3.8) is 0 Å². The molecule has 1 aliphatic heterocycles. The summed E-state index contributed by atoms with van der Waals surface area (Å²) < 4.78 is 5.57. The lowest BCUT2D eigenvalue weighted by Gasteiger charge is -2.27. The lowest BCUT2D eigenvalue weighted by Crippen LogP contribution is -2.29. The molecule has 0 aromatic rings. The Bertz CT molecular complexity index is 230. The molecule has 2 nitrogen and oxygen atoms in total. The summed E-state index contributed by atoms with van der Waals surface area (Å²) >= 11 is 0. The van der Waals surface area contributed by atoms with Gasteiger partial charge in [0.1, 0.15) is 0 Å². The van der Waals surface area contributed by atoms with Crippen molar-refractivity contribution in [1.29, 1.82) is 0 Å². The van der Waals surface area contributed by atoms with E-state index in [-0.39, 0.29) is 11.4 Å². The SMILES string of the molecule is CC12CCC(=O)C=C1CCO2. The molecule has 11 heavy (non-hydrogen) atoms. The number of allylic oxidation sites excluding steroid dienone is 1. The first kappa shape index (κ1) is 7.04. The summed E-state index contributed by atoms with van der Waals surface area (Å²) in [7, 11) is 0. The van der Waals surface area contributed by atoms with Gasteiger partial charge in [0.2, 0.25) is 0 Å². The van der Waals surface area contributed by atoms with Crippen molar-refractivity contribution in [2.75, 3.05) is 6.61 Å². The predicted molar refractivity (Wildman–Crippen MR) is 41.3 cm³/mol. The van der Waals surface area contributed by atoms with E-state index in [0.717, 1.165) is 19.4 Å². The average molecular weight is 152 g/mol. The Morgan fingerprint density at radius 3 is 3.18 bits per heavy atom. The fraction of sp³-hybridized carbons (Fsp3) is 0.667. The van der Waals surface area contributed by atoms with E-state index in [1.165, 1.54) is 5.57 Å². The first-order valence-electron chi connectivity index (χ1n) is 4.08. The fourth-order valence-corrected chi connectivity index (χ4v) is 1.83. The molecule has 1 saturated heterocycles. The number of hydrogen-bond acceptors (Lipinski definition) is 2. The third-order valence-electron chi connectivity index (χ3n) is 2.65. The highest BCUT2D eigenvalue weighted by Crippen LogP contribution is 2.37. The molecule has 1 fully saturated rings. The van der Waals surface area contributed by atoms with Crippen LogP contribution in [0.2, 0.25) is 0 Å². The number of hydrogen-bond donors (Lipinski definition) is 0. The van der Waals surface area contributed by atoms with Crippen LogP contribution in [0, 0.1) is 0 Å². The Balaban J connectivity index is 2.34. The molecule has 0 aromatic carbocycles. The van der Waals surface area contributed by atoms with Crippen molar-refractivity contribution in [2.45, 2.75) is 31.8 Å². The van der Waals surface area contributed by atoms with Crippen molar-refractivity contribution < 1.29 is 9.53 Å². The van der Waals surface area contributed by atoms with Gasteiger partial charge >= 0.3 is 0 Å². The maximum atomic E-state index is 11.0. The lowest BCUT2D eigenvalue weighted by molar-refractivity contribution is -0.116. The molecule has 2 aliphatic rings. The van der Waals surface area contributed by atoms with Crippen LogP contribution in [0.25, 0.3) is 0 Å². The Morgan fingerprint density at radius 1 is 1.55 bits per heavy atom. The van der Waals surface area contributed by atoms with Crippen LogP contribution in [0.15, 0.2) is 11.6 Å². The molecule has 1 heterocycles. The molecule has 1 atom stereocenters. The zero-order valence-electron chi connectivity index (χ0n) is 6.72.